The maximum atomic E-state index is 5.33. The standard InChI is InChI=1S/C11H17NO/c1-11(2,3)12-13-9-10-7-5-4-6-8-10/h4-8,12H,9H2,1-3H3. The third kappa shape index (κ3) is 4.65. The third-order valence-electron chi connectivity index (χ3n) is 1.46. The molecule has 0 fully saturated rings. The van der Waals surface area contributed by atoms with Gasteiger partial charge in [0.2, 0.25) is 0 Å². The fourth-order valence-corrected chi connectivity index (χ4v) is 0.910. The molecule has 0 aliphatic carbocycles. The summed E-state index contributed by atoms with van der Waals surface area (Å²) in [5.74, 6) is 0. The van der Waals surface area contributed by atoms with Gasteiger partial charge in [0.1, 0.15) is 0 Å². The second-order valence-electron chi connectivity index (χ2n) is 4.13. The highest BCUT2D eigenvalue weighted by molar-refractivity contribution is 5.13. The van der Waals surface area contributed by atoms with Gasteiger partial charge in [-0.05, 0) is 26.3 Å². The largest absolute Gasteiger partial charge is 0.297 e. The van der Waals surface area contributed by atoms with Crippen LogP contribution in [0.4, 0.5) is 0 Å². The third-order valence-corrected chi connectivity index (χ3v) is 1.46. The summed E-state index contributed by atoms with van der Waals surface area (Å²) in [7, 11) is 0. The number of nitrogens with one attached hydrogen (secondary N) is 1. The lowest BCUT2D eigenvalue weighted by Crippen LogP contribution is -2.35. The Morgan fingerprint density at radius 3 is 2.31 bits per heavy atom. The zero-order chi connectivity index (χ0) is 9.73. The van der Waals surface area contributed by atoms with Crippen molar-refractivity contribution in [3.05, 3.63) is 35.9 Å². The molecule has 1 aromatic carbocycles. The minimum absolute atomic E-state index is 0.00871. The van der Waals surface area contributed by atoms with Crippen LogP contribution in [0.2, 0.25) is 0 Å². The predicted molar refractivity (Wildman–Crippen MR) is 54.1 cm³/mol. The molecule has 1 rings (SSSR count). The summed E-state index contributed by atoms with van der Waals surface area (Å²) >= 11 is 0. The number of benzene rings is 1. The molecule has 0 saturated carbocycles. The Hall–Kier alpha value is -0.860. The smallest absolute Gasteiger partial charge is 0.0933 e. The molecular weight excluding hydrogens is 162 g/mol. The first-order chi connectivity index (χ1) is 6.08. The van der Waals surface area contributed by atoms with Crippen LogP contribution in [0.3, 0.4) is 0 Å². The zero-order valence-electron chi connectivity index (χ0n) is 8.50. The van der Waals surface area contributed by atoms with Gasteiger partial charge in [0.15, 0.2) is 0 Å². The Bertz CT molecular complexity index is 238. The van der Waals surface area contributed by atoms with Crippen LogP contribution in [0.15, 0.2) is 30.3 Å². The van der Waals surface area contributed by atoms with Crippen LogP contribution < -0.4 is 5.48 Å². The molecule has 0 aromatic heterocycles. The summed E-state index contributed by atoms with van der Waals surface area (Å²) in [4.78, 5) is 5.33. The van der Waals surface area contributed by atoms with Crippen LogP contribution in [-0.4, -0.2) is 5.54 Å². The van der Waals surface area contributed by atoms with Crippen molar-refractivity contribution in [1.82, 2.24) is 5.48 Å². The lowest BCUT2D eigenvalue weighted by atomic mass is 10.1. The molecule has 1 aromatic rings. The van der Waals surface area contributed by atoms with E-state index in [2.05, 4.69) is 26.3 Å². The topological polar surface area (TPSA) is 21.3 Å². The van der Waals surface area contributed by atoms with Gasteiger partial charge in [-0.25, -0.2) is 0 Å². The quantitative estimate of drug-likeness (QED) is 0.720. The minimum Gasteiger partial charge on any atom is -0.297 e. The number of hydrogen-bond acceptors (Lipinski definition) is 2. The highest BCUT2D eigenvalue weighted by Gasteiger charge is 2.08. The molecule has 2 nitrogen and oxygen atoms in total. The highest BCUT2D eigenvalue weighted by atomic mass is 16.6. The van der Waals surface area contributed by atoms with E-state index in [-0.39, 0.29) is 5.54 Å². The van der Waals surface area contributed by atoms with Gasteiger partial charge >= 0.3 is 0 Å². The van der Waals surface area contributed by atoms with E-state index in [1.54, 1.807) is 0 Å². The summed E-state index contributed by atoms with van der Waals surface area (Å²) < 4.78 is 0. The summed E-state index contributed by atoms with van der Waals surface area (Å²) in [6.45, 7) is 6.81. The molecule has 0 heterocycles. The van der Waals surface area contributed by atoms with Gasteiger partial charge in [0.05, 0.1) is 6.61 Å². The van der Waals surface area contributed by atoms with E-state index in [1.807, 2.05) is 30.3 Å². The molecule has 0 amide bonds. The first-order valence-corrected chi connectivity index (χ1v) is 4.51. The van der Waals surface area contributed by atoms with Gasteiger partial charge in [0.25, 0.3) is 0 Å². The fourth-order valence-electron chi connectivity index (χ4n) is 0.910. The Kier molecular flexibility index (Phi) is 3.46. The van der Waals surface area contributed by atoms with E-state index in [0.717, 1.165) is 0 Å². The van der Waals surface area contributed by atoms with E-state index >= 15 is 0 Å². The summed E-state index contributed by atoms with van der Waals surface area (Å²) in [6.07, 6.45) is 0. The van der Waals surface area contributed by atoms with Crippen molar-refractivity contribution in [1.29, 1.82) is 0 Å². The average Bonchev–Trinajstić information content (AvgIpc) is 2.04. The second kappa shape index (κ2) is 4.40. The maximum absolute atomic E-state index is 5.33. The number of rotatable bonds is 3. The van der Waals surface area contributed by atoms with Crippen LogP contribution >= 0.6 is 0 Å². The monoisotopic (exact) mass is 179 g/mol. The molecule has 0 atom stereocenters. The Morgan fingerprint density at radius 2 is 1.77 bits per heavy atom. The molecule has 0 unspecified atom stereocenters. The van der Waals surface area contributed by atoms with Gasteiger partial charge < -0.3 is 0 Å². The van der Waals surface area contributed by atoms with Gasteiger partial charge in [-0.3, -0.25) is 4.84 Å². The van der Waals surface area contributed by atoms with E-state index in [1.165, 1.54) is 5.56 Å². The minimum atomic E-state index is 0.00871. The van der Waals surface area contributed by atoms with E-state index in [9.17, 15) is 0 Å². The predicted octanol–water partition coefficient (Wildman–Crippen LogP) is 2.51. The lowest BCUT2D eigenvalue weighted by molar-refractivity contribution is -0.0174. The molecule has 0 saturated heterocycles. The van der Waals surface area contributed by atoms with Crippen LogP contribution in [0.1, 0.15) is 26.3 Å². The van der Waals surface area contributed by atoms with E-state index < -0.39 is 0 Å². The van der Waals surface area contributed by atoms with Gasteiger partial charge in [0, 0.05) is 5.54 Å². The van der Waals surface area contributed by atoms with Gasteiger partial charge in [-0.15, -0.1) is 0 Å². The van der Waals surface area contributed by atoms with Crippen LogP contribution in [0, 0.1) is 0 Å². The van der Waals surface area contributed by atoms with Crippen molar-refractivity contribution >= 4 is 0 Å². The molecular formula is C11H17NO. The first kappa shape index (κ1) is 10.2. The molecule has 0 aliphatic rings. The Morgan fingerprint density at radius 1 is 1.15 bits per heavy atom. The SMILES string of the molecule is CC(C)(C)NOCc1ccccc1. The van der Waals surface area contributed by atoms with E-state index in [0.29, 0.717) is 6.61 Å². The number of hydroxylamine groups is 1. The van der Waals surface area contributed by atoms with Crippen LogP contribution in [-0.2, 0) is 11.4 Å². The zero-order valence-corrected chi connectivity index (χ0v) is 8.50. The Labute approximate surface area is 79.9 Å². The summed E-state index contributed by atoms with van der Waals surface area (Å²) in [5.41, 5.74) is 4.16. The van der Waals surface area contributed by atoms with Crippen molar-refractivity contribution in [3.8, 4) is 0 Å². The van der Waals surface area contributed by atoms with Crippen molar-refractivity contribution in [2.75, 3.05) is 0 Å². The van der Waals surface area contributed by atoms with Crippen molar-refractivity contribution in [3.63, 3.8) is 0 Å². The molecule has 0 aliphatic heterocycles. The molecule has 0 radical (unpaired) electrons. The van der Waals surface area contributed by atoms with Gasteiger partial charge in [-0.2, -0.15) is 5.48 Å². The average molecular weight is 179 g/mol. The van der Waals surface area contributed by atoms with Crippen molar-refractivity contribution in [2.45, 2.75) is 32.9 Å². The number of hydrogen-bond donors (Lipinski definition) is 1. The first-order valence-electron chi connectivity index (χ1n) is 4.51. The fraction of sp³-hybridized carbons (Fsp3) is 0.455. The van der Waals surface area contributed by atoms with Gasteiger partial charge in [-0.1, -0.05) is 30.3 Å². The van der Waals surface area contributed by atoms with Crippen molar-refractivity contribution < 1.29 is 4.84 Å². The van der Waals surface area contributed by atoms with Crippen LogP contribution in [0.25, 0.3) is 0 Å². The lowest BCUT2D eigenvalue weighted by Gasteiger charge is -2.19. The molecule has 1 N–H and O–H groups in total. The molecule has 2 heteroatoms. The Balaban J connectivity index is 2.29. The van der Waals surface area contributed by atoms with E-state index in [4.69, 9.17) is 4.84 Å². The second-order valence-corrected chi connectivity index (χ2v) is 4.13. The molecule has 72 valence electrons. The maximum Gasteiger partial charge on any atom is 0.0933 e. The van der Waals surface area contributed by atoms with Crippen molar-refractivity contribution in [2.24, 2.45) is 0 Å². The normalized spacial score (nSPS) is 11.6. The summed E-state index contributed by atoms with van der Waals surface area (Å²) in [6, 6.07) is 10.1. The molecule has 0 spiro atoms. The molecule has 0 bridgehead atoms. The van der Waals surface area contributed by atoms with Crippen LogP contribution in [0.5, 0.6) is 0 Å². The molecule has 13 heavy (non-hydrogen) atoms. The highest BCUT2D eigenvalue weighted by Crippen LogP contribution is 2.02. The summed E-state index contributed by atoms with van der Waals surface area (Å²) in [5, 5.41) is 0.